The van der Waals surface area contributed by atoms with Crippen LogP contribution < -0.4 is 5.32 Å². The van der Waals surface area contributed by atoms with Gasteiger partial charge in [-0.3, -0.25) is 4.79 Å². The summed E-state index contributed by atoms with van der Waals surface area (Å²) in [7, 11) is 0. The molecule has 0 spiro atoms. The molecule has 0 aliphatic carbocycles. The van der Waals surface area contributed by atoms with Crippen LogP contribution in [0.2, 0.25) is 0 Å². The van der Waals surface area contributed by atoms with E-state index in [1.165, 1.54) is 18.2 Å². The summed E-state index contributed by atoms with van der Waals surface area (Å²) in [6.45, 7) is 0.537. The van der Waals surface area contributed by atoms with Crippen LogP contribution in [0.3, 0.4) is 0 Å². The van der Waals surface area contributed by atoms with Crippen LogP contribution in [0.4, 0.5) is 0 Å². The second-order valence-electron chi connectivity index (χ2n) is 2.97. The predicted octanol–water partition coefficient (Wildman–Crippen LogP) is 1.65. The molecule has 0 saturated heterocycles. The number of rotatable bonds is 4. The molecule has 82 valence electrons. The lowest BCUT2D eigenvalue weighted by Crippen LogP contribution is -2.24. The molecule has 1 rings (SSSR count). The van der Waals surface area contributed by atoms with Crippen LogP contribution in [-0.2, 0) is 0 Å². The molecule has 0 aliphatic heterocycles. The van der Waals surface area contributed by atoms with Crippen molar-refractivity contribution in [3.8, 4) is 11.5 Å². The topological polar surface area (TPSA) is 69.6 Å². The summed E-state index contributed by atoms with van der Waals surface area (Å²) in [6.07, 6.45) is 0.862. The Morgan fingerprint density at radius 2 is 1.93 bits per heavy atom. The third-order valence-corrected chi connectivity index (χ3v) is 2.61. The fourth-order valence-corrected chi connectivity index (χ4v) is 1.50. The van der Waals surface area contributed by atoms with Crippen molar-refractivity contribution in [3.05, 3.63) is 23.8 Å². The Bertz CT molecular complexity index is 334. The number of amides is 1. The fourth-order valence-electron chi connectivity index (χ4n) is 1.12. The maximum Gasteiger partial charge on any atom is 0.258 e. The molecule has 0 heterocycles. The lowest BCUT2D eigenvalue weighted by atomic mass is 10.1. The number of phenols is 2. The molecule has 5 heteroatoms. The second-order valence-corrected chi connectivity index (χ2v) is 4.05. The van der Waals surface area contributed by atoms with Gasteiger partial charge in [0.25, 0.3) is 5.91 Å². The standard InChI is InChI=1S/C10H12INO3/c11-5-2-6-12-10(15)9-7(13)3-1-4-8(9)14/h1,3-4,13-14H,2,5-6H2,(H,12,15). The second kappa shape index (κ2) is 5.79. The number of alkyl halides is 1. The van der Waals surface area contributed by atoms with E-state index in [0.29, 0.717) is 6.54 Å². The highest BCUT2D eigenvalue weighted by Crippen LogP contribution is 2.25. The molecule has 0 saturated carbocycles. The molecule has 1 aromatic carbocycles. The molecule has 0 unspecified atom stereocenters. The molecule has 0 aliphatic rings. The van der Waals surface area contributed by atoms with Crippen LogP contribution in [0.5, 0.6) is 11.5 Å². The van der Waals surface area contributed by atoms with E-state index in [1.54, 1.807) is 0 Å². The summed E-state index contributed by atoms with van der Waals surface area (Å²) in [6, 6.07) is 4.21. The Labute approximate surface area is 101 Å². The fraction of sp³-hybridized carbons (Fsp3) is 0.300. The smallest absolute Gasteiger partial charge is 0.258 e. The molecule has 0 atom stereocenters. The molecule has 0 bridgehead atoms. The van der Waals surface area contributed by atoms with Gasteiger partial charge in [-0.25, -0.2) is 0 Å². The minimum absolute atomic E-state index is 0.0639. The SMILES string of the molecule is O=C(NCCCI)c1c(O)cccc1O. The number of phenolic OH excluding ortho intramolecular Hbond substituents is 2. The first-order chi connectivity index (χ1) is 7.16. The Kier molecular flexibility index (Phi) is 4.67. The number of nitrogens with one attached hydrogen (secondary N) is 1. The first kappa shape index (κ1) is 12.1. The first-order valence-corrected chi connectivity index (χ1v) is 6.04. The van der Waals surface area contributed by atoms with Gasteiger partial charge in [0, 0.05) is 11.0 Å². The molecule has 0 radical (unpaired) electrons. The van der Waals surface area contributed by atoms with Crippen LogP contribution in [0.1, 0.15) is 16.8 Å². The molecule has 3 N–H and O–H groups in total. The van der Waals surface area contributed by atoms with Crippen molar-refractivity contribution in [2.45, 2.75) is 6.42 Å². The van der Waals surface area contributed by atoms with Gasteiger partial charge in [-0.1, -0.05) is 28.7 Å². The summed E-state index contributed by atoms with van der Waals surface area (Å²) < 4.78 is 0.949. The Hall–Kier alpha value is -0.980. The third-order valence-electron chi connectivity index (χ3n) is 1.84. The van der Waals surface area contributed by atoms with Crippen molar-refractivity contribution in [2.24, 2.45) is 0 Å². The predicted molar refractivity (Wildman–Crippen MR) is 65.6 cm³/mol. The Morgan fingerprint density at radius 1 is 1.33 bits per heavy atom. The Morgan fingerprint density at radius 3 is 2.47 bits per heavy atom. The zero-order valence-electron chi connectivity index (χ0n) is 8.03. The van der Waals surface area contributed by atoms with Crippen molar-refractivity contribution in [1.29, 1.82) is 0 Å². The van der Waals surface area contributed by atoms with E-state index in [1.807, 2.05) is 0 Å². The number of hydrogen-bond acceptors (Lipinski definition) is 3. The molecule has 1 amide bonds. The van der Waals surface area contributed by atoms with Crippen molar-refractivity contribution in [1.82, 2.24) is 5.32 Å². The molecule has 0 aromatic heterocycles. The summed E-state index contributed by atoms with van der Waals surface area (Å²) >= 11 is 2.21. The highest BCUT2D eigenvalue weighted by Gasteiger charge is 2.14. The largest absolute Gasteiger partial charge is 0.507 e. The first-order valence-electron chi connectivity index (χ1n) is 4.52. The minimum Gasteiger partial charge on any atom is -0.507 e. The monoisotopic (exact) mass is 321 g/mol. The van der Waals surface area contributed by atoms with E-state index in [-0.39, 0.29) is 17.1 Å². The van der Waals surface area contributed by atoms with Gasteiger partial charge in [-0.05, 0) is 18.6 Å². The van der Waals surface area contributed by atoms with E-state index in [4.69, 9.17) is 0 Å². The number of aromatic hydroxyl groups is 2. The zero-order chi connectivity index (χ0) is 11.3. The number of carbonyl (C=O) groups excluding carboxylic acids is 1. The number of carbonyl (C=O) groups is 1. The molecule has 0 fully saturated rings. The molecule has 15 heavy (non-hydrogen) atoms. The van der Waals surface area contributed by atoms with Gasteiger partial charge in [0.2, 0.25) is 0 Å². The molecular formula is C10H12INO3. The van der Waals surface area contributed by atoms with Crippen LogP contribution in [0.15, 0.2) is 18.2 Å². The quantitative estimate of drug-likeness (QED) is 0.449. The van der Waals surface area contributed by atoms with E-state index in [0.717, 1.165) is 10.8 Å². The summed E-state index contributed by atoms with van der Waals surface area (Å²) in [5.41, 5.74) is -0.0639. The minimum atomic E-state index is -0.449. The number of hydrogen-bond donors (Lipinski definition) is 3. The van der Waals surface area contributed by atoms with E-state index in [9.17, 15) is 15.0 Å². The zero-order valence-corrected chi connectivity index (χ0v) is 10.2. The third kappa shape index (κ3) is 3.26. The van der Waals surface area contributed by atoms with Crippen LogP contribution in [0, 0.1) is 0 Å². The molecule has 4 nitrogen and oxygen atoms in total. The summed E-state index contributed by atoms with van der Waals surface area (Å²) in [5, 5.41) is 21.4. The highest BCUT2D eigenvalue weighted by atomic mass is 127. The van der Waals surface area contributed by atoms with Gasteiger partial charge >= 0.3 is 0 Å². The van der Waals surface area contributed by atoms with Gasteiger partial charge in [-0.2, -0.15) is 0 Å². The number of halogens is 1. The molecule has 1 aromatic rings. The van der Waals surface area contributed by atoms with E-state index in [2.05, 4.69) is 27.9 Å². The van der Waals surface area contributed by atoms with Gasteiger partial charge < -0.3 is 15.5 Å². The van der Waals surface area contributed by atoms with Crippen molar-refractivity contribution in [3.63, 3.8) is 0 Å². The van der Waals surface area contributed by atoms with Gasteiger partial charge in [0.05, 0.1) is 0 Å². The van der Waals surface area contributed by atoms with Crippen molar-refractivity contribution < 1.29 is 15.0 Å². The van der Waals surface area contributed by atoms with Gasteiger partial charge in [0.15, 0.2) is 0 Å². The maximum atomic E-state index is 11.5. The maximum absolute atomic E-state index is 11.5. The normalized spacial score (nSPS) is 9.93. The lowest BCUT2D eigenvalue weighted by Gasteiger charge is -2.07. The van der Waals surface area contributed by atoms with Crippen LogP contribution in [-0.4, -0.2) is 27.1 Å². The molecular weight excluding hydrogens is 309 g/mol. The highest BCUT2D eigenvalue weighted by molar-refractivity contribution is 14.1. The Balaban J connectivity index is 2.73. The summed E-state index contributed by atoms with van der Waals surface area (Å²) in [4.78, 5) is 11.5. The summed E-state index contributed by atoms with van der Waals surface area (Å²) in [5.74, 6) is -0.862. The lowest BCUT2D eigenvalue weighted by molar-refractivity contribution is 0.0948. The van der Waals surface area contributed by atoms with Crippen LogP contribution in [0.25, 0.3) is 0 Å². The van der Waals surface area contributed by atoms with Crippen LogP contribution >= 0.6 is 22.6 Å². The van der Waals surface area contributed by atoms with Gasteiger partial charge in [-0.15, -0.1) is 0 Å². The van der Waals surface area contributed by atoms with Crippen molar-refractivity contribution in [2.75, 3.05) is 11.0 Å². The van der Waals surface area contributed by atoms with Gasteiger partial charge in [0.1, 0.15) is 17.1 Å². The average molecular weight is 321 g/mol. The average Bonchev–Trinajstić information content (AvgIpc) is 2.18. The number of benzene rings is 1. The van der Waals surface area contributed by atoms with E-state index >= 15 is 0 Å². The van der Waals surface area contributed by atoms with Crippen molar-refractivity contribution >= 4 is 28.5 Å². The van der Waals surface area contributed by atoms with E-state index < -0.39 is 5.91 Å².